The maximum atomic E-state index is 12.2. The topological polar surface area (TPSA) is 87.1 Å². The Bertz CT molecular complexity index is 494. The van der Waals surface area contributed by atoms with E-state index in [0.29, 0.717) is 19.5 Å². The average molecular weight is 265 g/mol. The quantitative estimate of drug-likeness (QED) is 0.770. The molecule has 19 heavy (non-hydrogen) atoms. The van der Waals surface area contributed by atoms with Crippen molar-refractivity contribution in [2.24, 2.45) is 5.92 Å². The van der Waals surface area contributed by atoms with Gasteiger partial charge in [0, 0.05) is 24.7 Å². The second-order valence-corrected chi connectivity index (χ2v) is 4.50. The highest BCUT2D eigenvalue weighted by Gasteiger charge is 2.32. The molecule has 1 saturated heterocycles. The fraction of sp³-hybridized carbons (Fsp3) is 0.385. The number of ether oxygens (including phenoxy) is 1. The van der Waals surface area contributed by atoms with E-state index in [1.54, 1.807) is 0 Å². The van der Waals surface area contributed by atoms with E-state index in [0.717, 1.165) is 6.07 Å². The zero-order valence-electron chi connectivity index (χ0n) is 10.5. The number of carbonyl (C=O) groups excluding carboxylic acids is 2. The molecule has 1 amide bonds. The summed E-state index contributed by atoms with van der Waals surface area (Å²) in [5, 5.41) is 18.7. The molecule has 102 valence electrons. The Balaban J connectivity index is 2.11. The molecule has 1 aliphatic rings. The first-order valence-corrected chi connectivity index (χ1v) is 5.91. The maximum absolute atomic E-state index is 12.2. The third kappa shape index (κ3) is 2.78. The normalized spacial score (nSPS) is 18.4. The smallest absolute Gasteiger partial charge is 0.310 e. The molecular weight excluding hydrogens is 250 g/mol. The van der Waals surface area contributed by atoms with Gasteiger partial charge >= 0.3 is 5.97 Å². The van der Waals surface area contributed by atoms with Crippen LogP contribution in [0.5, 0.6) is 11.5 Å². The van der Waals surface area contributed by atoms with Crippen LogP contribution in [0.1, 0.15) is 16.8 Å². The van der Waals surface area contributed by atoms with Gasteiger partial charge in [-0.05, 0) is 18.6 Å². The van der Waals surface area contributed by atoms with Crippen LogP contribution in [0.2, 0.25) is 0 Å². The van der Waals surface area contributed by atoms with Crippen LogP contribution >= 0.6 is 0 Å². The Morgan fingerprint density at radius 1 is 1.26 bits per heavy atom. The number of nitrogens with zero attached hydrogens (tertiary/aromatic N) is 1. The first-order valence-electron chi connectivity index (χ1n) is 5.91. The first-order chi connectivity index (χ1) is 9.01. The molecule has 1 aliphatic heterocycles. The van der Waals surface area contributed by atoms with Crippen LogP contribution in [0, 0.1) is 5.92 Å². The monoisotopic (exact) mass is 265 g/mol. The van der Waals surface area contributed by atoms with Crippen molar-refractivity contribution in [3.05, 3.63) is 23.8 Å². The van der Waals surface area contributed by atoms with Gasteiger partial charge in [-0.1, -0.05) is 0 Å². The number of rotatable bonds is 2. The second-order valence-electron chi connectivity index (χ2n) is 4.50. The number of esters is 1. The Hall–Kier alpha value is -2.24. The van der Waals surface area contributed by atoms with E-state index in [1.807, 2.05) is 0 Å². The van der Waals surface area contributed by atoms with Gasteiger partial charge in [0.2, 0.25) is 0 Å². The van der Waals surface area contributed by atoms with Crippen molar-refractivity contribution >= 4 is 11.9 Å². The standard InChI is InChI=1S/C13H15NO5/c1-19-13(18)8-2-3-14(7-8)12(17)9-4-10(15)6-11(16)5-9/h4-6,8,15-16H,2-3,7H2,1H3. The lowest BCUT2D eigenvalue weighted by Gasteiger charge is -2.16. The summed E-state index contributed by atoms with van der Waals surface area (Å²) in [6, 6.07) is 3.72. The van der Waals surface area contributed by atoms with Crippen LogP contribution in [0.15, 0.2) is 18.2 Å². The molecule has 6 nitrogen and oxygen atoms in total. The Labute approximate surface area is 110 Å². The van der Waals surface area contributed by atoms with Gasteiger partial charge in [-0.3, -0.25) is 9.59 Å². The Morgan fingerprint density at radius 3 is 2.47 bits per heavy atom. The van der Waals surface area contributed by atoms with Gasteiger partial charge < -0.3 is 19.8 Å². The molecule has 6 heteroatoms. The van der Waals surface area contributed by atoms with E-state index >= 15 is 0 Å². The first kappa shape index (κ1) is 13.2. The van der Waals surface area contributed by atoms with Gasteiger partial charge in [-0.2, -0.15) is 0 Å². The van der Waals surface area contributed by atoms with Crippen molar-refractivity contribution in [2.45, 2.75) is 6.42 Å². The highest BCUT2D eigenvalue weighted by Crippen LogP contribution is 2.24. The van der Waals surface area contributed by atoms with Crippen molar-refractivity contribution in [1.29, 1.82) is 0 Å². The fourth-order valence-corrected chi connectivity index (χ4v) is 2.20. The molecule has 2 rings (SSSR count). The average Bonchev–Trinajstić information content (AvgIpc) is 2.85. The predicted molar refractivity (Wildman–Crippen MR) is 65.8 cm³/mol. The molecule has 0 radical (unpaired) electrons. The van der Waals surface area contributed by atoms with Crippen molar-refractivity contribution < 1.29 is 24.5 Å². The van der Waals surface area contributed by atoms with E-state index in [9.17, 15) is 19.8 Å². The molecule has 2 N–H and O–H groups in total. The van der Waals surface area contributed by atoms with Crippen molar-refractivity contribution in [3.63, 3.8) is 0 Å². The fourth-order valence-electron chi connectivity index (χ4n) is 2.20. The number of likely N-dealkylation sites (tertiary alicyclic amines) is 1. The number of phenolic OH excluding ortho intramolecular Hbond substituents is 2. The van der Waals surface area contributed by atoms with E-state index in [1.165, 1.54) is 24.1 Å². The van der Waals surface area contributed by atoms with Gasteiger partial charge in [0.1, 0.15) is 11.5 Å². The van der Waals surface area contributed by atoms with Crippen LogP contribution in [0.4, 0.5) is 0 Å². The number of benzene rings is 1. The molecule has 0 aliphatic carbocycles. The number of carbonyl (C=O) groups is 2. The summed E-state index contributed by atoms with van der Waals surface area (Å²) in [7, 11) is 1.32. The summed E-state index contributed by atoms with van der Waals surface area (Å²) in [5.74, 6) is -1.30. The number of methoxy groups -OCH3 is 1. The summed E-state index contributed by atoms with van der Waals surface area (Å²) in [6.07, 6.45) is 0.559. The summed E-state index contributed by atoms with van der Waals surface area (Å²) < 4.78 is 4.65. The zero-order chi connectivity index (χ0) is 14.0. The molecule has 0 aromatic heterocycles. The molecule has 1 aromatic rings. The number of aromatic hydroxyl groups is 2. The minimum absolute atomic E-state index is 0.174. The minimum atomic E-state index is -0.325. The van der Waals surface area contributed by atoms with Gasteiger partial charge in [-0.25, -0.2) is 0 Å². The molecular formula is C13H15NO5. The SMILES string of the molecule is COC(=O)C1CCN(C(=O)c2cc(O)cc(O)c2)C1. The number of hydrogen-bond acceptors (Lipinski definition) is 5. The Morgan fingerprint density at radius 2 is 1.89 bits per heavy atom. The minimum Gasteiger partial charge on any atom is -0.508 e. The summed E-state index contributed by atoms with van der Waals surface area (Å²) in [4.78, 5) is 25.1. The third-order valence-electron chi connectivity index (χ3n) is 3.16. The molecule has 0 bridgehead atoms. The van der Waals surface area contributed by atoms with E-state index in [4.69, 9.17) is 0 Å². The molecule has 0 saturated carbocycles. The summed E-state index contributed by atoms with van der Waals surface area (Å²) in [5.41, 5.74) is 0.197. The highest BCUT2D eigenvalue weighted by molar-refractivity contribution is 5.95. The second kappa shape index (κ2) is 5.17. The van der Waals surface area contributed by atoms with Gasteiger partial charge in [-0.15, -0.1) is 0 Å². The number of phenols is 2. The van der Waals surface area contributed by atoms with Crippen LogP contribution in [-0.2, 0) is 9.53 Å². The van der Waals surface area contributed by atoms with Crippen molar-refractivity contribution in [1.82, 2.24) is 4.90 Å². The number of hydrogen-bond donors (Lipinski definition) is 2. The van der Waals surface area contributed by atoms with Crippen LogP contribution in [0.25, 0.3) is 0 Å². The van der Waals surface area contributed by atoms with E-state index in [2.05, 4.69) is 4.74 Å². The number of amides is 1. The van der Waals surface area contributed by atoms with Crippen LogP contribution in [-0.4, -0.2) is 47.2 Å². The van der Waals surface area contributed by atoms with Gasteiger partial charge in [0.25, 0.3) is 5.91 Å². The van der Waals surface area contributed by atoms with Crippen molar-refractivity contribution in [2.75, 3.05) is 20.2 Å². The lowest BCUT2D eigenvalue weighted by Crippen LogP contribution is -2.30. The van der Waals surface area contributed by atoms with Crippen molar-refractivity contribution in [3.8, 4) is 11.5 Å². The third-order valence-corrected chi connectivity index (χ3v) is 3.16. The molecule has 0 spiro atoms. The van der Waals surface area contributed by atoms with E-state index < -0.39 is 0 Å². The molecule has 1 heterocycles. The zero-order valence-corrected chi connectivity index (χ0v) is 10.5. The maximum Gasteiger partial charge on any atom is 0.310 e. The van der Waals surface area contributed by atoms with E-state index in [-0.39, 0.29) is 34.9 Å². The highest BCUT2D eigenvalue weighted by atomic mass is 16.5. The molecule has 1 atom stereocenters. The predicted octanol–water partition coefficient (Wildman–Crippen LogP) is 0.733. The summed E-state index contributed by atoms with van der Waals surface area (Å²) >= 11 is 0. The van der Waals surface area contributed by atoms with Crippen LogP contribution < -0.4 is 0 Å². The van der Waals surface area contributed by atoms with Crippen LogP contribution in [0.3, 0.4) is 0 Å². The molecule has 1 aromatic carbocycles. The molecule has 1 fully saturated rings. The lowest BCUT2D eigenvalue weighted by molar-refractivity contribution is -0.144. The summed E-state index contributed by atoms with van der Waals surface area (Å²) in [6.45, 7) is 0.747. The molecule has 1 unspecified atom stereocenters. The largest absolute Gasteiger partial charge is 0.508 e. The van der Waals surface area contributed by atoms with Gasteiger partial charge in [0.15, 0.2) is 0 Å². The lowest BCUT2D eigenvalue weighted by atomic mass is 10.1. The van der Waals surface area contributed by atoms with Gasteiger partial charge in [0.05, 0.1) is 13.0 Å². The Kier molecular flexibility index (Phi) is 3.59.